The molecule has 1 saturated carbocycles. The van der Waals surface area contributed by atoms with Gasteiger partial charge < -0.3 is 4.90 Å². The number of likely N-dealkylation sites (tertiary alicyclic amines) is 1. The van der Waals surface area contributed by atoms with Crippen LogP contribution in [0.5, 0.6) is 0 Å². The summed E-state index contributed by atoms with van der Waals surface area (Å²) in [6.07, 6.45) is 12.9. The Balaban J connectivity index is 1.44. The molecule has 1 aliphatic heterocycles. The van der Waals surface area contributed by atoms with Gasteiger partial charge in [-0.25, -0.2) is 8.78 Å². The lowest BCUT2D eigenvalue weighted by Gasteiger charge is -2.41. The maximum absolute atomic E-state index is 14.3. The van der Waals surface area contributed by atoms with Gasteiger partial charge in [0.05, 0.1) is 0 Å². The zero-order chi connectivity index (χ0) is 20.8. The summed E-state index contributed by atoms with van der Waals surface area (Å²) in [4.78, 5) is 9.26. The fraction of sp³-hybridized carbons (Fsp3) is 0.560. The summed E-state index contributed by atoms with van der Waals surface area (Å²) in [7, 11) is 0. The van der Waals surface area contributed by atoms with Gasteiger partial charge in [0.1, 0.15) is 11.6 Å². The number of rotatable bonds is 7. The molecule has 0 bridgehead atoms. The summed E-state index contributed by atoms with van der Waals surface area (Å²) in [6.45, 7) is 4.50. The van der Waals surface area contributed by atoms with Crippen molar-refractivity contribution in [3.8, 4) is 0 Å². The molecule has 162 valence electrons. The molecule has 2 fully saturated rings. The predicted octanol–water partition coefficient (Wildman–Crippen LogP) is 5.41. The van der Waals surface area contributed by atoms with Crippen molar-refractivity contribution in [1.29, 1.82) is 0 Å². The van der Waals surface area contributed by atoms with E-state index >= 15 is 0 Å². The van der Waals surface area contributed by atoms with Crippen molar-refractivity contribution >= 4 is 0 Å². The molecule has 0 amide bonds. The van der Waals surface area contributed by atoms with Gasteiger partial charge in [-0.1, -0.05) is 31.4 Å². The number of pyridine rings is 1. The van der Waals surface area contributed by atoms with Gasteiger partial charge in [-0.05, 0) is 55.8 Å². The van der Waals surface area contributed by atoms with Crippen molar-refractivity contribution in [2.45, 2.75) is 64.1 Å². The number of halogens is 2. The molecule has 1 saturated heterocycles. The van der Waals surface area contributed by atoms with E-state index in [1.807, 2.05) is 12.3 Å². The highest BCUT2D eigenvalue weighted by Gasteiger charge is 2.28. The highest BCUT2D eigenvalue weighted by Crippen LogP contribution is 2.28. The molecular weight excluding hydrogens is 380 g/mol. The molecule has 5 heteroatoms. The minimum absolute atomic E-state index is 0.460. The van der Waals surface area contributed by atoms with Gasteiger partial charge in [-0.3, -0.25) is 9.88 Å². The number of nitrogens with zero attached hydrogens (tertiary/aromatic N) is 3. The third-order valence-electron chi connectivity index (χ3n) is 6.70. The number of benzene rings is 1. The largest absolute Gasteiger partial charge is 0.300 e. The zero-order valence-corrected chi connectivity index (χ0v) is 17.8. The highest BCUT2D eigenvalue weighted by molar-refractivity contribution is 5.19. The van der Waals surface area contributed by atoms with Gasteiger partial charge in [-0.15, -0.1) is 0 Å². The average Bonchev–Trinajstić information content (AvgIpc) is 2.77. The van der Waals surface area contributed by atoms with E-state index in [1.54, 1.807) is 12.3 Å². The first kappa shape index (κ1) is 21.4. The van der Waals surface area contributed by atoms with Crippen molar-refractivity contribution < 1.29 is 8.78 Å². The first-order valence-corrected chi connectivity index (χ1v) is 11.5. The molecule has 3 nitrogen and oxygen atoms in total. The van der Waals surface area contributed by atoms with Crippen molar-refractivity contribution in [2.75, 3.05) is 19.6 Å². The summed E-state index contributed by atoms with van der Waals surface area (Å²) in [5.41, 5.74) is 1.68. The monoisotopic (exact) mass is 413 g/mol. The van der Waals surface area contributed by atoms with E-state index in [-0.39, 0.29) is 0 Å². The van der Waals surface area contributed by atoms with Gasteiger partial charge >= 0.3 is 0 Å². The van der Waals surface area contributed by atoms with E-state index < -0.39 is 11.6 Å². The van der Waals surface area contributed by atoms with Crippen LogP contribution < -0.4 is 0 Å². The van der Waals surface area contributed by atoms with Gasteiger partial charge in [0, 0.05) is 56.2 Å². The number of piperidine rings is 1. The van der Waals surface area contributed by atoms with Crippen LogP contribution in [0.15, 0.2) is 42.7 Å². The molecule has 2 aliphatic rings. The summed E-state index contributed by atoms with van der Waals surface area (Å²) in [5.74, 6) is -0.398. The smallest absolute Gasteiger partial charge is 0.130 e. The van der Waals surface area contributed by atoms with Crippen LogP contribution in [-0.4, -0.2) is 40.5 Å². The molecule has 1 aromatic heterocycles. The quantitative estimate of drug-likeness (QED) is 0.605. The van der Waals surface area contributed by atoms with Crippen LogP contribution in [0.1, 0.15) is 56.1 Å². The minimum atomic E-state index is -0.523. The number of hydrogen-bond acceptors (Lipinski definition) is 3. The second-order valence-electron chi connectivity index (χ2n) is 9.06. The van der Waals surface area contributed by atoms with Crippen LogP contribution in [0.3, 0.4) is 0 Å². The van der Waals surface area contributed by atoms with Crippen molar-refractivity contribution in [2.24, 2.45) is 5.92 Å². The number of hydrogen-bond donors (Lipinski definition) is 0. The Labute approximate surface area is 179 Å². The van der Waals surface area contributed by atoms with Crippen molar-refractivity contribution in [3.05, 3.63) is 65.5 Å². The molecular formula is C25H33F2N3. The second-order valence-corrected chi connectivity index (χ2v) is 9.06. The van der Waals surface area contributed by atoms with Crippen LogP contribution in [0.2, 0.25) is 0 Å². The topological polar surface area (TPSA) is 19.4 Å². The lowest BCUT2D eigenvalue weighted by Crippen LogP contribution is -2.46. The molecule has 0 N–H and O–H groups in total. The van der Waals surface area contributed by atoms with E-state index in [2.05, 4.69) is 20.9 Å². The van der Waals surface area contributed by atoms with E-state index in [9.17, 15) is 8.78 Å². The van der Waals surface area contributed by atoms with E-state index in [4.69, 9.17) is 0 Å². The molecule has 2 aromatic rings. The molecule has 1 aliphatic carbocycles. The van der Waals surface area contributed by atoms with Crippen LogP contribution in [-0.2, 0) is 13.1 Å². The molecule has 1 atom stereocenters. The Morgan fingerprint density at radius 1 is 1.00 bits per heavy atom. The third-order valence-corrected chi connectivity index (χ3v) is 6.70. The Morgan fingerprint density at radius 3 is 2.63 bits per heavy atom. The normalized spacial score (nSPS) is 21.2. The molecule has 0 spiro atoms. The molecule has 1 aromatic carbocycles. The summed E-state index contributed by atoms with van der Waals surface area (Å²) >= 11 is 0. The molecule has 30 heavy (non-hydrogen) atoms. The van der Waals surface area contributed by atoms with Crippen molar-refractivity contribution in [3.63, 3.8) is 0 Å². The summed E-state index contributed by atoms with van der Waals surface area (Å²) in [5, 5.41) is 0. The van der Waals surface area contributed by atoms with Crippen molar-refractivity contribution in [1.82, 2.24) is 14.8 Å². The minimum Gasteiger partial charge on any atom is -0.300 e. The second kappa shape index (κ2) is 10.5. The lowest BCUT2D eigenvalue weighted by atomic mass is 9.90. The van der Waals surface area contributed by atoms with E-state index in [1.165, 1.54) is 57.6 Å². The van der Waals surface area contributed by atoms with Gasteiger partial charge in [-0.2, -0.15) is 0 Å². The average molecular weight is 414 g/mol. The van der Waals surface area contributed by atoms with Crippen LogP contribution >= 0.6 is 0 Å². The predicted molar refractivity (Wildman–Crippen MR) is 116 cm³/mol. The Morgan fingerprint density at radius 2 is 1.87 bits per heavy atom. The lowest BCUT2D eigenvalue weighted by molar-refractivity contribution is 0.0769. The Hall–Kier alpha value is -1.85. The van der Waals surface area contributed by atoms with Gasteiger partial charge in [0.15, 0.2) is 0 Å². The Kier molecular flexibility index (Phi) is 7.45. The van der Waals surface area contributed by atoms with E-state index in [0.717, 1.165) is 37.3 Å². The highest BCUT2D eigenvalue weighted by atomic mass is 19.1. The van der Waals surface area contributed by atoms with Gasteiger partial charge in [0.25, 0.3) is 0 Å². The zero-order valence-electron chi connectivity index (χ0n) is 17.8. The summed E-state index contributed by atoms with van der Waals surface area (Å²) < 4.78 is 27.7. The maximum Gasteiger partial charge on any atom is 0.130 e. The van der Waals surface area contributed by atoms with E-state index in [0.29, 0.717) is 18.0 Å². The maximum atomic E-state index is 14.3. The van der Waals surface area contributed by atoms with Crippen LogP contribution in [0.4, 0.5) is 8.78 Å². The first-order valence-electron chi connectivity index (χ1n) is 11.5. The SMILES string of the molecule is Fc1ccc(CN(Cc2cccnc2)C[C@@H]2CCCN(C3CCCCC3)C2)c(F)c1. The molecule has 0 unspecified atom stereocenters. The van der Waals surface area contributed by atoms with Crippen LogP contribution in [0, 0.1) is 17.6 Å². The molecule has 4 rings (SSSR count). The fourth-order valence-electron chi connectivity index (χ4n) is 5.21. The molecule has 2 heterocycles. The first-order chi connectivity index (χ1) is 14.7. The fourth-order valence-corrected chi connectivity index (χ4v) is 5.21. The standard InChI is InChI=1S/C25H33F2N3/c26-23-11-10-22(25(27)14-23)19-29(16-20-6-4-12-28-15-20)17-21-7-5-13-30(18-21)24-8-2-1-3-9-24/h4,6,10-12,14-15,21,24H,1-3,5,7-9,13,16-19H2/t21-/m0/s1. The van der Waals surface area contributed by atoms with Gasteiger partial charge in [0.2, 0.25) is 0 Å². The molecule has 0 radical (unpaired) electrons. The number of aromatic nitrogens is 1. The summed E-state index contributed by atoms with van der Waals surface area (Å²) in [6, 6.07) is 8.68. The third kappa shape index (κ3) is 5.86. The Bertz CT molecular complexity index is 792. The van der Waals surface area contributed by atoms with Crippen LogP contribution in [0.25, 0.3) is 0 Å².